The molecular formula is C19H29N5OS. The monoisotopic (exact) mass is 375 g/mol. The predicted octanol–water partition coefficient (Wildman–Crippen LogP) is 2.50. The highest BCUT2D eigenvalue weighted by atomic mass is 32.1. The molecular weight excluding hydrogens is 346 g/mol. The van der Waals surface area contributed by atoms with Crippen molar-refractivity contribution in [3.05, 3.63) is 50.3 Å². The number of nitrogens with one attached hydrogen (secondary N) is 2. The van der Waals surface area contributed by atoms with Crippen molar-refractivity contribution >= 4 is 17.3 Å². The van der Waals surface area contributed by atoms with Gasteiger partial charge < -0.3 is 15.2 Å². The maximum Gasteiger partial charge on any atom is 0.250 e. The first-order valence-electron chi connectivity index (χ1n) is 9.20. The summed E-state index contributed by atoms with van der Waals surface area (Å²) in [5.41, 5.74) is 1.18. The van der Waals surface area contributed by atoms with E-state index in [2.05, 4.69) is 41.4 Å². The molecule has 0 radical (unpaired) electrons. The van der Waals surface area contributed by atoms with Gasteiger partial charge in [0.1, 0.15) is 0 Å². The Balaban J connectivity index is 1.71. The number of rotatable bonds is 9. The highest BCUT2D eigenvalue weighted by Gasteiger charge is 2.04. The Bertz CT molecular complexity index is 746. The van der Waals surface area contributed by atoms with Crippen LogP contribution in [-0.4, -0.2) is 35.1 Å². The minimum atomic E-state index is 0.0543. The van der Waals surface area contributed by atoms with E-state index in [1.807, 2.05) is 12.3 Å². The van der Waals surface area contributed by atoms with Crippen LogP contribution in [0, 0.1) is 13.8 Å². The van der Waals surface area contributed by atoms with Crippen LogP contribution in [0.1, 0.15) is 35.3 Å². The molecule has 2 aromatic rings. The molecule has 2 aromatic heterocycles. The lowest BCUT2D eigenvalue weighted by atomic mass is 10.3. The van der Waals surface area contributed by atoms with Crippen LogP contribution in [0.2, 0.25) is 0 Å². The number of guanidine groups is 1. The second-order valence-corrected chi connectivity index (χ2v) is 7.41. The Labute approximate surface area is 159 Å². The van der Waals surface area contributed by atoms with E-state index < -0.39 is 0 Å². The number of unbranched alkanes of at least 4 members (excludes halogenated alkanes) is 1. The molecule has 0 amide bonds. The maximum absolute atomic E-state index is 11.6. The number of aromatic nitrogens is 2. The third-order valence-electron chi connectivity index (χ3n) is 4.02. The van der Waals surface area contributed by atoms with Crippen molar-refractivity contribution in [1.82, 2.24) is 20.2 Å². The molecule has 0 fully saturated rings. The molecule has 26 heavy (non-hydrogen) atoms. The van der Waals surface area contributed by atoms with Gasteiger partial charge in [0, 0.05) is 49.7 Å². The van der Waals surface area contributed by atoms with Gasteiger partial charge in [-0.05, 0) is 39.7 Å². The van der Waals surface area contributed by atoms with Crippen molar-refractivity contribution < 1.29 is 0 Å². The zero-order valence-corrected chi connectivity index (χ0v) is 16.7. The number of nitrogens with zero attached hydrogens (tertiary/aromatic N) is 3. The first kappa shape index (κ1) is 20.2. The molecule has 6 nitrogen and oxygen atoms in total. The third kappa shape index (κ3) is 6.63. The molecule has 0 saturated carbocycles. The largest absolute Gasteiger partial charge is 0.357 e. The lowest BCUT2D eigenvalue weighted by molar-refractivity contribution is 0.597. The summed E-state index contributed by atoms with van der Waals surface area (Å²) in [4.78, 5) is 22.1. The summed E-state index contributed by atoms with van der Waals surface area (Å²) in [7, 11) is 0. The van der Waals surface area contributed by atoms with Gasteiger partial charge in [-0.2, -0.15) is 0 Å². The summed E-state index contributed by atoms with van der Waals surface area (Å²) in [6.45, 7) is 9.36. The smallest absolute Gasteiger partial charge is 0.250 e. The molecule has 0 saturated heterocycles. The predicted molar refractivity (Wildman–Crippen MR) is 109 cm³/mol. The third-order valence-corrected chi connectivity index (χ3v) is 5.16. The minimum Gasteiger partial charge on any atom is -0.357 e. The summed E-state index contributed by atoms with van der Waals surface area (Å²) in [5, 5.41) is 7.80. The van der Waals surface area contributed by atoms with Gasteiger partial charge in [0.05, 0.1) is 10.7 Å². The summed E-state index contributed by atoms with van der Waals surface area (Å²) in [6.07, 6.45) is 4.62. The number of pyridine rings is 1. The molecule has 0 aliphatic heterocycles. The van der Waals surface area contributed by atoms with Crippen LogP contribution in [0.15, 0.2) is 34.2 Å². The standard InChI is InChI=1S/C19H29N5OS/c1-4-20-19(22-12-10-17-23-15(2)16(3)26-17)21-11-6-8-14-24-13-7-5-9-18(24)25/h5,7,9,13H,4,6,8,10-12,14H2,1-3H3,(H2,20,21,22). The first-order chi connectivity index (χ1) is 12.6. The SMILES string of the molecule is CCNC(=NCCCCn1ccccc1=O)NCCc1nc(C)c(C)s1. The van der Waals surface area contributed by atoms with E-state index in [1.165, 1.54) is 4.88 Å². The van der Waals surface area contributed by atoms with Gasteiger partial charge in [0.15, 0.2) is 5.96 Å². The van der Waals surface area contributed by atoms with E-state index in [0.717, 1.165) is 62.1 Å². The Morgan fingerprint density at radius 2 is 2.12 bits per heavy atom. The topological polar surface area (TPSA) is 71.3 Å². The second kappa shape index (κ2) is 10.8. The van der Waals surface area contributed by atoms with Crippen molar-refractivity contribution in [3.63, 3.8) is 0 Å². The quantitative estimate of drug-likeness (QED) is 0.401. The normalized spacial score (nSPS) is 11.6. The summed E-state index contributed by atoms with van der Waals surface area (Å²) in [6, 6.07) is 5.25. The molecule has 2 heterocycles. The van der Waals surface area contributed by atoms with Crippen molar-refractivity contribution in [2.45, 2.75) is 46.6 Å². The Morgan fingerprint density at radius 1 is 1.27 bits per heavy atom. The zero-order chi connectivity index (χ0) is 18.8. The molecule has 0 atom stereocenters. The van der Waals surface area contributed by atoms with Crippen LogP contribution in [0.5, 0.6) is 0 Å². The highest BCUT2D eigenvalue weighted by molar-refractivity contribution is 7.11. The molecule has 0 spiro atoms. The van der Waals surface area contributed by atoms with Gasteiger partial charge in [-0.3, -0.25) is 9.79 Å². The van der Waals surface area contributed by atoms with E-state index in [1.54, 1.807) is 28.0 Å². The van der Waals surface area contributed by atoms with Crippen molar-refractivity contribution in [1.29, 1.82) is 0 Å². The minimum absolute atomic E-state index is 0.0543. The average molecular weight is 376 g/mol. The molecule has 0 bridgehead atoms. The summed E-state index contributed by atoms with van der Waals surface area (Å²) in [5.74, 6) is 0.842. The van der Waals surface area contributed by atoms with Crippen LogP contribution in [-0.2, 0) is 13.0 Å². The fourth-order valence-electron chi connectivity index (χ4n) is 2.51. The van der Waals surface area contributed by atoms with Crippen molar-refractivity contribution in [3.8, 4) is 0 Å². The van der Waals surface area contributed by atoms with Crippen LogP contribution in [0.25, 0.3) is 0 Å². The fraction of sp³-hybridized carbons (Fsp3) is 0.526. The first-order valence-corrected chi connectivity index (χ1v) is 10.0. The number of aryl methyl sites for hydroxylation is 3. The van der Waals surface area contributed by atoms with E-state index in [0.29, 0.717) is 0 Å². The van der Waals surface area contributed by atoms with E-state index >= 15 is 0 Å². The number of hydrogen-bond acceptors (Lipinski definition) is 4. The van der Waals surface area contributed by atoms with Gasteiger partial charge in [0.25, 0.3) is 0 Å². The molecule has 0 aromatic carbocycles. The maximum atomic E-state index is 11.6. The highest BCUT2D eigenvalue weighted by Crippen LogP contribution is 2.16. The van der Waals surface area contributed by atoms with Crippen molar-refractivity contribution in [2.24, 2.45) is 4.99 Å². The Hall–Kier alpha value is -2.15. The van der Waals surface area contributed by atoms with Crippen LogP contribution in [0.3, 0.4) is 0 Å². The van der Waals surface area contributed by atoms with Crippen LogP contribution in [0.4, 0.5) is 0 Å². The Kier molecular flexibility index (Phi) is 8.34. The van der Waals surface area contributed by atoms with E-state index in [-0.39, 0.29) is 5.56 Å². The summed E-state index contributed by atoms with van der Waals surface area (Å²) >= 11 is 1.76. The fourth-order valence-corrected chi connectivity index (χ4v) is 3.44. The molecule has 0 unspecified atom stereocenters. The van der Waals surface area contributed by atoms with Gasteiger partial charge in [-0.25, -0.2) is 4.98 Å². The molecule has 142 valence electrons. The average Bonchev–Trinajstić information content (AvgIpc) is 2.94. The lowest BCUT2D eigenvalue weighted by Gasteiger charge is -2.10. The molecule has 2 rings (SSSR count). The Morgan fingerprint density at radius 3 is 2.81 bits per heavy atom. The number of hydrogen-bond donors (Lipinski definition) is 2. The van der Waals surface area contributed by atoms with Crippen LogP contribution < -0.4 is 16.2 Å². The second-order valence-electron chi connectivity index (χ2n) is 6.13. The van der Waals surface area contributed by atoms with Gasteiger partial charge >= 0.3 is 0 Å². The van der Waals surface area contributed by atoms with Crippen LogP contribution >= 0.6 is 11.3 Å². The van der Waals surface area contributed by atoms with Gasteiger partial charge in [0.2, 0.25) is 5.56 Å². The molecule has 0 aliphatic rings. The molecule has 7 heteroatoms. The zero-order valence-electron chi connectivity index (χ0n) is 15.9. The lowest BCUT2D eigenvalue weighted by Crippen LogP contribution is -2.38. The summed E-state index contributed by atoms with van der Waals surface area (Å²) < 4.78 is 1.74. The molecule has 0 aliphatic carbocycles. The van der Waals surface area contributed by atoms with Crippen molar-refractivity contribution in [2.75, 3.05) is 19.6 Å². The molecule has 2 N–H and O–H groups in total. The van der Waals surface area contributed by atoms with E-state index in [4.69, 9.17) is 0 Å². The van der Waals surface area contributed by atoms with Gasteiger partial charge in [-0.15, -0.1) is 11.3 Å². The number of aliphatic imine (C=N–C) groups is 1. The number of thiazole rings is 1. The van der Waals surface area contributed by atoms with Gasteiger partial charge in [-0.1, -0.05) is 6.07 Å². The van der Waals surface area contributed by atoms with E-state index in [9.17, 15) is 4.79 Å².